The predicted octanol–water partition coefficient (Wildman–Crippen LogP) is 2.51. The molecule has 7 heteroatoms. The molecule has 0 aromatic heterocycles. The molecule has 1 aliphatic rings. The van der Waals surface area contributed by atoms with Gasteiger partial charge in [0.1, 0.15) is 6.61 Å². The minimum atomic E-state index is -2.18. The Balaban J connectivity index is 2.21. The number of benzene rings is 1. The average molecular weight is 267 g/mol. The summed E-state index contributed by atoms with van der Waals surface area (Å²) < 4.78 is 69.6. The lowest BCUT2D eigenvalue weighted by Crippen LogP contribution is -2.28. The molecule has 0 bridgehead atoms. The molecule has 0 aliphatic carbocycles. The number of hydrogen-bond acceptors (Lipinski definition) is 2. The molecule has 0 amide bonds. The van der Waals surface area contributed by atoms with E-state index < -0.39 is 34.8 Å². The van der Waals surface area contributed by atoms with E-state index >= 15 is 0 Å². The molecule has 0 saturated carbocycles. The van der Waals surface area contributed by atoms with E-state index in [1.54, 1.807) is 0 Å². The van der Waals surface area contributed by atoms with Crippen LogP contribution < -0.4 is 10.1 Å². The van der Waals surface area contributed by atoms with Crippen molar-refractivity contribution in [2.45, 2.75) is 18.9 Å². The van der Waals surface area contributed by atoms with Gasteiger partial charge in [0.2, 0.25) is 29.1 Å². The molecular weight excluding hydrogens is 257 g/mol. The average Bonchev–Trinajstić information content (AvgIpc) is 2.87. The third-order valence-corrected chi connectivity index (χ3v) is 2.76. The normalized spacial score (nSPS) is 19.3. The zero-order chi connectivity index (χ0) is 13.3. The van der Waals surface area contributed by atoms with Gasteiger partial charge >= 0.3 is 0 Å². The van der Waals surface area contributed by atoms with E-state index in [2.05, 4.69) is 5.32 Å². The monoisotopic (exact) mass is 267 g/mol. The standard InChI is InChI=1S/C11H10F5NO/c12-6-7(13)9(15)11(10(16)8(6)14)18-4-5-2-1-3-17-5/h5,17H,1-4H2/t5-/m0/s1. The van der Waals surface area contributed by atoms with Gasteiger partial charge in [0.15, 0.2) is 5.75 Å². The van der Waals surface area contributed by atoms with Crippen LogP contribution in [0.1, 0.15) is 12.8 Å². The number of nitrogens with one attached hydrogen (secondary N) is 1. The van der Waals surface area contributed by atoms with Crippen molar-refractivity contribution in [3.05, 3.63) is 29.1 Å². The fourth-order valence-corrected chi connectivity index (χ4v) is 1.79. The number of rotatable bonds is 3. The van der Waals surface area contributed by atoms with Crippen LogP contribution in [0.4, 0.5) is 22.0 Å². The molecule has 1 aromatic carbocycles. The molecule has 0 radical (unpaired) electrons. The van der Waals surface area contributed by atoms with Crippen molar-refractivity contribution in [2.75, 3.05) is 13.2 Å². The Kier molecular flexibility index (Phi) is 3.70. The summed E-state index contributed by atoms with van der Waals surface area (Å²) in [5, 5.41) is 2.97. The Morgan fingerprint density at radius 2 is 1.50 bits per heavy atom. The van der Waals surface area contributed by atoms with Crippen molar-refractivity contribution in [2.24, 2.45) is 0 Å². The molecule has 0 unspecified atom stereocenters. The number of hydrogen-bond donors (Lipinski definition) is 1. The zero-order valence-electron chi connectivity index (χ0n) is 9.20. The van der Waals surface area contributed by atoms with Gasteiger partial charge in [-0.25, -0.2) is 13.2 Å². The lowest BCUT2D eigenvalue weighted by atomic mass is 10.2. The lowest BCUT2D eigenvalue weighted by Gasteiger charge is -2.14. The maximum absolute atomic E-state index is 13.2. The third-order valence-electron chi connectivity index (χ3n) is 2.76. The Bertz CT molecular complexity index is 430. The van der Waals surface area contributed by atoms with Gasteiger partial charge in [0.25, 0.3) is 0 Å². The fraction of sp³-hybridized carbons (Fsp3) is 0.455. The van der Waals surface area contributed by atoms with Crippen molar-refractivity contribution in [1.29, 1.82) is 0 Å². The molecule has 1 saturated heterocycles. The largest absolute Gasteiger partial charge is 0.486 e. The summed E-state index contributed by atoms with van der Waals surface area (Å²) in [4.78, 5) is 0. The highest BCUT2D eigenvalue weighted by Gasteiger charge is 2.27. The zero-order valence-corrected chi connectivity index (χ0v) is 9.20. The summed E-state index contributed by atoms with van der Waals surface area (Å²) in [5.41, 5.74) is 0. The molecule has 18 heavy (non-hydrogen) atoms. The molecule has 2 nitrogen and oxygen atoms in total. The molecule has 1 aromatic rings. The first-order chi connectivity index (χ1) is 8.52. The van der Waals surface area contributed by atoms with E-state index in [4.69, 9.17) is 4.74 Å². The van der Waals surface area contributed by atoms with E-state index in [0.29, 0.717) is 0 Å². The quantitative estimate of drug-likeness (QED) is 0.516. The summed E-state index contributed by atoms with van der Waals surface area (Å²) in [5.74, 6) is -11.3. The number of ether oxygens (including phenoxy) is 1. The molecule has 0 spiro atoms. The van der Waals surface area contributed by atoms with E-state index in [-0.39, 0.29) is 12.6 Å². The topological polar surface area (TPSA) is 21.3 Å². The second kappa shape index (κ2) is 5.09. The van der Waals surface area contributed by atoms with Crippen molar-refractivity contribution in [3.63, 3.8) is 0 Å². The minimum Gasteiger partial charge on any atom is -0.486 e. The van der Waals surface area contributed by atoms with Crippen LogP contribution in [0.3, 0.4) is 0 Å². The summed E-state index contributed by atoms with van der Waals surface area (Å²) in [6.07, 6.45) is 1.61. The van der Waals surface area contributed by atoms with Crippen LogP contribution in [-0.2, 0) is 0 Å². The van der Waals surface area contributed by atoms with E-state index in [0.717, 1.165) is 19.4 Å². The van der Waals surface area contributed by atoms with Gasteiger partial charge in [-0.1, -0.05) is 0 Å². The predicted molar refractivity (Wildman–Crippen MR) is 52.8 cm³/mol. The van der Waals surface area contributed by atoms with Crippen molar-refractivity contribution < 1.29 is 26.7 Å². The van der Waals surface area contributed by atoms with E-state index in [1.165, 1.54) is 0 Å². The highest BCUT2D eigenvalue weighted by molar-refractivity contribution is 5.29. The molecular formula is C11H10F5NO. The Morgan fingerprint density at radius 3 is 2.00 bits per heavy atom. The van der Waals surface area contributed by atoms with Crippen LogP contribution in [0, 0.1) is 29.1 Å². The van der Waals surface area contributed by atoms with E-state index in [1.807, 2.05) is 0 Å². The van der Waals surface area contributed by atoms with Crippen molar-refractivity contribution in [3.8, 4) is 5.75 Å². The SMILES string of the molecule is Fc1c(F)c(F)c(OC[C@@H]2CCCN2)c(F)c1F. The number of halogens is 5. The summed E-state index contributed by atoms with van der Waals surface area (Å²) >= 11 is 0. The summed E-state index contributed by atoms with van der Waals surface area (Å²) in [7, 11) is 0. The van der Waals surface area contributed by atoms with Crippen LogP contribution in [-0.4, -0.2) is 19.2 Å². The highest BCUT2D eigenvalue weighted by atomic mass is 19.2. The smallest absolute Gasteiger partial charge is 0.206 e. The molecule has 2 rings (SSSR count). The lowest BCUT2D eigenvalue weighted by molar-refractivity contribution is 0.238. The van der Waals surface area contributed by atoms with Crippen LogP contribution in [0.2, 0.25) is 0 Å². The van der Waals surface area contributed by atoms with E-state index in [9.17, 15) is 22.0 Å². The summed E-state index contributed by atoms with van der Waals surface area (Å²) in [6.45, 7) is 0.601. The van der Waals surface area contributed by atoms with Gasteiger partial charge in [-0.15, -0.1) is 0 Å². The Morgan fingerprint density at radius 1 is 0.944 bits per heavy atom. The summed E-state index contributed by atoms with van der Waals surface area (Å²) in [6, 6.07) is -0.139. The molecule has 1 aliphatic heterocycles. The molecule has 1 N–H and O–H groups in total. The van der Waals surface area contributed by atoms with Gasteiger partial charge in [-0.05, 0) is 19.4 Å². The van der Waals surface area contributed by atoms with Crippen molar-refractivity contribution in [1.82, 2.24) is 5.32 Å². The Labute approximate surface area is 99.7 Å². The van der Waals surface area contributed by atoms with Gasteiger partial charge in [-0.2, -0.15) is 8.78 Å². The first-order valence-corrected chi connectivity index (χ1v) is 5.40. The maximum Gasteiger partial charge on any atom is 0.206 e. The van der Waals surface area contributed by atoms with Gasteiger partial charge in [0, 0.05) is 6.04 Å². The Hall–Kier alpha value is -1.37. The molecule has 1 fully saturated rings. The fourth-order valence-electron chi connectivity index (χ4n) is 1.79. The van der Waals surface area contributed by atoms with Gasteiger partial charge < -0.3 is 10.1 Å². The second-order valence-corrected chi connectivity index (χ2v) is 4.00. The van der Waals surface area contributed by atoms with Crippen LogP contribution in [0.15, 0.2) is 0 Å². The second-order valence-electron chi connectivity index (χ2n) is 4.00. The van der Waals surface area contributed by atoms with Crippen LogP contribution in [0.5, 0.6) is 5.75 Å². The minimum absolute atomic E-state index is 0.139. The van der Waals surface area contributed by atoms with Crippen LogP contribution in [0.25, 0.3) is 0 Å². The van der Waals surface area contributed by atoms with Crippen molar-refractivity contribution >= 4 is 0 Å². The molecule has 1 atom stereocenters. The first-order valence-electron chi connectivity index (χ1n) is 5.40. The molecule has 100 valence electrons. The third kappa shape index (κ3) is 2.27. The van der Waals surface area contributed by atoms with Gasteiger partial charge in [-0.3, -0.25) is 0 Å². The first kappa shape index (κ1) is 13.1. The highest BCUT2D eigenvalue weighted by Crippen LogP contribution is 2.29. The maximum atomic E-state index is 13.2. The van der Waals surface area contributed by atoms with Crippen LogP contribution >= 0.6 is 0 Å². The molecule has 1 heterocycles. The van der Waals surface area contributed by atoms with Gasteiger partial charge in [0.05, 0.1) is 0 Å².